The van der Waals surface area contributed by atoms with Gasteiger partial charge in [0.15, 0.2) is 0 Å². The number of nitrogens with one attached hydrogen (secondary N) is 1. The summed E-state index contributed by atoms with van der Waals surface area (Å²) in [4.78, 5) is 28.4. The molecule has 0 aromatic carbocycles. The first-order chi connectivity index (χ1) is 10.5. The van der Waals surface area contributed by atoms with E-state index in [2.05, 4.69) is 11.6 Å². The highest BCUT2D eigenvalue weighted by molar-refractivity contribution is 7.07. The third-order valence-corrected chi connectivity index (χ3v) is 4.19. The number of thiophene rings is 1. The number of hydrogen-bond donors (Lipinski definition) is 2. The molecule has 0 radical (unpaired) electrons. The fourth-order valence-electron chi connectivity index (χ4n) is 2.42. The second kappa shape index (κ2) is 6.62. The van der Waals surface area contributed by atoms with Crippen LogP contribution in [0, 0.1) is 13.8 Å². The maximum absolute atomic E-state index is 12.8. The van der Waals surface area contributed by atoms with Crippen LogP contribution in [0.5, 0.6) is 0 Å². The number of carbonyl (C=O) groups is 2. The minimum atomic E-state index is -1.06. The lowest BCUT2D eigenvalue weighted by atomic mass is 10.1. The Labute approximate surface area is 132 Å². The zero-order chi connectivity index (χ0) is 16.3. The van der Waals surface area contributed by atoms with Crippen molar-refractivity contribution in [1.82, 2.24) is 9.88 Å². The SMILES string of the molecule is C=CCN(Cc1ccsc1)C(=O)c1c(C)[nH]c(C(=O)O)c1C. The van der Waals surface area contributed by atoms with E-state index in [-0.39, 0.29) is 11.6 Å². The highest BCUT2D eigenvalue weighted by atomic mass is 32.1. The fourth-order valence-corrected chi connectivity index (χ4v) is 3.08. The molecule has 0 fully saturated rings. The van der Waals surface area contributed by atoms with Crippen molar-refractivity contribution >= 4 is 23.2 Å². The number of rotatable bonds is 6. The second-order valence-electron chi connectivity index (χ2n) is 5.04. The van der Waals surface area contributed by atoms with E-state index in [1.54, 1.807) is 36.2 Å². The quantitative estimate of drug-likeness (QED) is 0.803. The van der Waals surface area contributed by atoms with Crippen LogP contribution in [0.1, 0.15) is 37.7 Å². The number of amides is 1. The van der Waals surface area contributed by atoms with Gasteiger partial charge in [0.25, 0.3) is 5.91 Å². The molecule has 2 N–H and O–H groups in total. The van der Waals surface area contributed by atoms with Crippen molar-refractivity contribution in [3.8, 4) is 0 Å². The van der Waals surface area contributed by atoms with Gasteiger partial charge in [0.2, 0.25) is 0 Å². The summed E-state index contributed by atoms with van der Waals surface area (Å²) in [5.74, 6) is -1.25. The lowest BCUT2D eigenvalue weighted by Gasteiger charge is -2.21. The number of H-pyrrole nitrogens is 1. The minimum absolute atomic E-state index is 0.0648. The van der Waals surface area contributed by atoms with Gasteiger partial charge in [0.05, 0.1) is 5.56 Å². The Bertz CT molecular complexity index is 701. The van der Waals surface area contributed by atoms with Crippen LogP contribution < -0.4 is 0 Å². The van der Waals surface area contributed by atoms with Crippen molar-refractivity contribution < 1.29 is 14.7 Å². The van der Waals surface area contributed by atoms with Crippen LogP contribution in [0.4, 0.5) is 0 Å². The first-order valence-electron chi connectivity index (χ1n) is 6.79. The van der Waals surface area contributed by atoms with Crippen molar-refractivity contribution in [3.63, 3.8) is 0 Å². The first-order valence-corrected chi connectivity index (χ1v) is 7.73. The van der Waals surface area contributed by atoms with Gasteiger partial charge in [-0.3, -0.25) is 4.79 Å². The van der Waals surface area contributed by atoms with E-state index in [0.29, 0.717) is 29.9 Å². The molecule has 2 aromatic rings. The van der Waals surface area contributed by atoms with Gasteiger partial charge < -0.3 is 15.0 Å². The molecule has 116 valence electrons. The normalized spacial score (nSPS) is 10.5. The summed E-state index contributed by atoms with van der Waals surface area (Å²) in [5, 5.41) is 13.1. The molecule has 0 aliphatic heterocycles. The standard InChI is InChI=1S/C16H18N2O3S/c1-4-6-18(8-12-5-7-22-9-12)15(19)13-10(2)14(16(20)21)17-11(13)3/h4-5,7,9,17H,1,6,8H2,2-3H3,(H,20,21). The summed E-state index contributed by atoms with van der Waals surface area (Å²) in [6, 6.07) is 1.97. The van der Waals surface area contributed by atoms with E-state index in [1.807, 2.05) is 16.8 Å². The van der Waals surface area contributed by atoms with Crippen molar-refractivity contribution in [2.75, 3.05) is 6.54 Å². The molecule has 22 heavy (non-hydrogen) atoms. The molecule has 0 aliphatic rings. The molecule has 2 heterocycles. The number of hydrogen-bond acceptors (Lipinski definition) is 3. The zero-order valence-corrected chi connectivity index (χ0v) is 13.4. The Hall–Kier alpha value is -2.34. The van der Waals surface area contributed by atoms with Gasteiger partial charge in [-0.25, -0.2) is 4.79 Å². The Kier molecular flexibility index (Phi) is 4.82. The lowest BCUT2D eigenvalue weighted by molar-refractivity contribution is 0.0690. The molecule has 0 atom stereocenters. The number of aryl methyl sites for hydroxylation is 1. The van der Waals surface area contributed by atoms with E-state index in [4.69, 9.17) is 5.11 Å². The van der Waals surface area contributed by atoms with Gasteiger partial charge in [0.1, 0.15) is 5.69 Å². The van der Waals surface area contributed by atoms with Crippen molar-refractivity contribution in [3.05, 3.63) is 57.6 Å². The van der Waals surface area contributed by atoms with Crippen LogP contribution in [0.25, 0.3) is 0 Å². The third-order valence-electron chi connectivity index (χ3n) is 3.46. The topological polar surface area (TPSA) is 73.4 Å². The first kappa shape index (κ1) is 16.0. The number of aromatic amines is 1. The molecule has 0 saturated heterocycles. The number of carbonyl (C=O) groups excluding carboxylic acids is 1. The molecule has 2 rings (SSSR count). The molecule has 2 aromatic heterocycles. The molecule has 0 unspecified atom stereocenters. The monoisotopic (exact) mass is 318 g/mol. The Balaban J connectivity index is 2.34. The second-order valence-corrected chi connectivity index (χ2v) is 5.82. The number of aromatic nitrogens is 1. The Morgan fingerprint density at radius 2 is 2.18 bits per heavy atom. The van der Waals surface area contributed by atoms with Gasteiger partial charge in [-0.05, 0) is 41.8 Å². The maximum Gasteiger partial charge on any atom is 0.352 e. The van der Waals surface area contributed by atoms with E-state index in [0.717, 1.165) is 5.56 Å². The number of nitrogens with zero attached hydrogens (tertiary/aromatic N) is 1. The Morgan fingerprint density at radius 3 is 2.68 bits per heavy atom. The van der Waals surface area contributed by atoms with E-state index < -0.39 is 5.97 Å². The smallest absolute Gasteiger partial charge is 0.352 e. The van der Waals surface area contributed by atoms with E-state index in [9.17, 15) is 9.59 Å². The number of aromatic carboxylic acids is 1. The summed E-state index contributed by atoms with van der Waals surface area (Å²) in [6.07, 6.45) is 1.67. The van der Waals surface area contributed by atoms with Crippen molar-refractivity contribution in [1.29, 1.82) is 0 Å². The average molecular weight is 318 g/mol. The molecular formula is C16H18N2O3S. The highest BCUT2D eigenvalue weighted by Gasteiger charge is 2.25. The summed E-state index contributed by atoms with van der Waals surface area (Å²) < 4.78 is 0. The van der Waals surface area contributed by atoms with Crippen LogP contribution in [-0.2, 0) is 6.54 Å². The summed E-state index contributed by atoms with van der Waals surface area (Å²) in [5.41, 5.74) is 2.57. The molecule has 0 spiro atoms. The average Bonchev–Trinajstić information content (AvgIpc) is 3.06. The molecule has 6 heteroatoms. The van der Waals surface area contributed by atoms with Gasteiger partial charge in [-0.1, -0.05) is 6.08 Å². The van der Waals surface area contributed by atoms with Crippen LogP contribution in [0.3, 0.4) is 0 Å². The van der Waals surface area contributed by atoms with Gasteiger partial charge in [0, 0.05) is 18.8 Å². The lowest BCUT2D eigenvalue weighted by Crippen LogP contribution is -2.31. The predicted octanol–water partition coefficient (Wildman–Crippen LogP) is 3.22. The van der Waals surface area contributed by atoms with Crippen LogP contribution in [0.15, 0.2) is 29.5 Å². The van der Waals surface area contributed by atoms with Gasteiger partial charge in [-0.15, -0.1) is 6.58 Å². The molecule has 1 amide bonds. The summed E-state index contributed by atoms with van der Waals surface area (Å²) in [7, 11) is 0. The maximum atomic E-state index is 12.8. The van der Waals surface area contributed by atoms with Crippen molar-refractivity contribution in [2.24, 2.45) is 0 Å². The van der Waals surface area contributed by atoms with Crippen LogP contribution in [-0.4, -0.2) is 33.4 Å². The van der Waals surface area contributed by atoms with E-state index >= 15 is 0 Å². The van der Waals surface area contributed by atoms with Gasteiger partial charge in [-0.2, -0.15) is 11.3 Å². The summed E-state index contributed by atoms with van der Waals surface area (Å²) in [6.45, 7) is 7.93. The number of carboxylic acids is 1. The van der Waals surface area contributed by atoms with E-state index in [1.165, 1.54) is 0 Å². The number of carboxylic acid groups (broad SMARTS) is 1. The van der Waals surface area contributed by atoms with Crippen LogP contribution >= 0.6 is 11.3 Å². The van der Waals surface area contributed by atoms with Crippen molar-refractivity contribution in [2.45, 2.75) is 20.4 Å². The molecular weight excluding hydrogens is 300 g/mol. The zero-order valence-electron chi connectivity index (χ0n) is 12.5. The Morgan fingerprint density at radius 1 is 1.45 bits per heavy atom. The van der Waals surface area contributed by atoms with Crippen LogP contribution in [0.2, 0.25) is 0 Å². The fraction of sp³-hybridized carbons (Fsp3) is 0.250. The van der Waals surface area contributed by atoms with Gasteiger partial charge >= 0.3 is 5.97 Å². The molecule has 0 aliphatic carbocycles. The third kappa shape index (κ3) is 3.12. The highest BCUT2D eigenvalue weighted by Crippen LogP contribution is 2.21. The molecule has 0 bridgehead atoms. The summed E-state index contributed by atoms with van der Waals surface area (Å²) >= 11 is 1.57. The largest absolute Gasteiger partial charge is 0.477 e. The predicted molar refractivity (Wildman–Crippen MR) is 86.5 cm³/mol. The minimum Gasteiger partial charge on any atom is -0.477 e. The molecule has 5 nitrogen and oxygen atoms in total. The molecule has 0 saturated carbocycles.